The Morgan fingerprint density at radius 3 is 3.18 bits per heavy atom. The molecule has 22 heavy (non-hydrogen) atoms. The molecule has 0 saturated carbocycles. The van der Waals surface area contributed by atoms with Crippen LogP contribution in [-0.2, 0) is 29.2 Å². The van der Waals surface area contributed by atoms with Gasteiger partial charge in [-0.25, -0.2) is 0 Å². The molecule has 1 atom stereocenters. The van der Waals surface area contributed by atoms with Crippen LogP contribution in [0.4, 0.5) is 0 Å². The summed E-state index contributed by atoms with van der Waals surface area (Å²) in [4.78, 5) is 14.5. The van der Waals surface area contributed by atoms with Crippen molar-refractivity contribution in [2.45, 2.75) is 45.8 Å². The minimum absolute atomic E-state index is 0.0143. The van der Waals surface area contributed by atoms with Gasteiger partial charge in [-0.05, 0) is 31.9 Å². The number of amides is 1. The Hall–Kier alpha value is -1.40. The maximum absolute atomic E-state index is 12.0. The topological polar surface area (TPSA) is 59.4 Å². The number of hydrogen-bond donors (Lipinski definition) is 1. The Bertz CT molecular complexity index is 508. The minimum atomic E-state index is 0.0143. The van der Waals surface area contributed by atoms with Crippen LogP contribution in [0.1, 0.15) is 37.6 Å². The standard InChI is InChI=1S/C16H26N4O2/c1-2-5-19-6-3-7-20-15(11-19)9-14(18-20)10-17-16(21)13-4-8-22-12-13/h9,13H,2-8,10-12H2,1H3,(H,17,21)/t13-/m1/s1. The molecule has 0 aliphatic carbocycles. The van der Waals surface area contributed by atoms with E-state index in [4.69, 9.17) is 4.74 Å². The molecule has 1 amide bonds. The maximum Gasteiger partial charge on any atom is 0.225 e. The number of rotatable bonds is 5. The van der Waals surface area contributed by atoms with E-state index in [1.165, 1.54) is 12.1 Å². The first kappa shape index (κ1) is 15.5. The molecule has 1 N–H and O–H groups in total. The minimum Gasteiger partial charge on any atom is -0.381 e. The summed E-state index contributed by atoms with van der Waals surface area (Å²) in [5, 5.41) is 7.64. The molecule has 122 valence electrons. The van der Waals surface area contributed by atoms with Crippen LogP contribution in [0.3, 0.4) is 0 Å². The molecule has 2 aliphatic rings. The second-order valence-corrected chi connectivity index (χ2v) is 6.26. The Morgan fingerprint density at radius 2 is 2.41 bits per heavy atom. The molecule has 3 heterocycles. The Labute approximate surface area is 131 Å². The molecule has 2 aliphatic heterocycles. The molecule has 0 unspecified atom stereocenters. The fourth-order valence-corrected chi connectivity index (χ4v) is 3.24. The summed E-state index contributed by atoms with van der Waals surface area (Å²) >= 11 is 0. The first-order valence-corrected chi connectivity index (χ1v) is 8.39. The SMILES string of the molecule is CCCN1CCCn2nc(CNC(=O)[C@@H]3CCOC3)cc2C1. The van der Waals surface area contributed by atoms with E-state index in [1.54, 1.807) is 0 Å². The van der Waals surface area contributed by atoms with Gasteiger partial charge in [-0.1, -0.05) is 6.92 Å². The molecular formula is C16H26N4O2. The molecule has 0 aromatic carbocycles. The van der Waals surface area contributed by atoms with Crippen LogP contribution in [0.25, 0.3) is 0 Å². The lowest BCUT2D eigenvalue weighted by molar-refractivity contribution is -0.125. The molecule has 6 heteroatoms. The third-order valence-electron chi connectivity index (χ3n) is 4.43. The predicted molar refractivity (Wildman–Crippen MR) is 83.2 cm³/mol. The number of nitrogens with zero attached hydrogens (tertiary/aromatic N) is 3. The zero-order valence-electron chi connectivity index (χ0n) is 13.4. The molecular weight excluding hydrogens is 280 g/mol. The Balaban J connectivity index is 1.57. The molecule has 0 radical (unpaired) electrons. The largest absolute Gasteiger partial charge is 0.381 e. The third kappa shape index (κ3) is 3.67. The van der Waals surface area contributed by atoms with E-state index in [1.807, 2.05) is 0 Å². The molecule has 3 rings (SSSR count). The summed E-state index contributed by atoms with van der Waals surface area (Å²) in [5.74, 6) is 0.105. The second kappa shape index (κ2) is 7.24. The van der Waals surface area contributed by atoms with Gasteiger partial charge in [0.05, 0.1) is 30.5 Å². The lowest BCUT2D eigenvalue weighted by Gasteiger charge is -2.17. The van der Waals surface area contributed by atoms with E-state index in [9.17, 15) is 4.79 Å². The van der Waals surface area contributed by atoms with Gasteiger partial charge in [-0.3, -0.25) is 14.4 Å². The highest BCUT2D eigenvalue weighted by Crippen LogP contribution is 2.15. The van der Waals surface area contributed by atoms with Crippen LogP contribution in [0.2, 0.25) is 0 Å². The number of nitrogens with one attached hydrogen (secondary N) is 1. The Kier molecular flexibility index (Phi) is 5.10. The quantitative estimate of drug-likeness (QED) is 0.886. The number of carbonyl (C=O) groups is 1. The fraction of sp³-hybridized carbons (Fsp3) is 0.750. The van der Waals surface area contributed by atoms with Crippen LogP contribution in [0, 0.1) is 5.92 Å². The van der Waals surface area contributed by atoms with Gasteiger partial charge in [0.25, 0.3) is 0 Å². The lowest BCUT2D eigenvalue weighted by Crippen LogP contribution is -2.30. The van der Waals surface area contributed by atoms with E-state index in [2.05, 4.69) is 33.0 Å². The molecule has 1 aromatic heterocycles. The smallest absolute Gasteiger partial charge is 0.225 e. The summed E-state index contributed by atoms with van der Waals surface area (Å²) in [6.07, 6.45) is 3.15. The highest BCUT2D eigenvalue weighted by Gasteiger charge is 2.23. The highest BCUT2D eigenvalue weighted by molar-refractivity contribution is 5.78. The summed E-state index contributed by atoms with van der Waals surface area (Å²) in [7, 11) is 0. The number of aryl methyl sites for hydroxylation is 1. The molecule has 0 spiro atoms. The van der Waals surface area contributed by atoms with Gasteiger partial charge in [-0.15, -0.1) is 0 Å². The van der Waals surface area contributed by atoms with E-state index in [0.717, 1.165) is 44.7 Å². The van der Waals surface area contributed by atoms with Gasteiger partial charge in [-0.2, -0.15) is 5.10 Å². The van der Waals surface area contributed by atoms with Crippen LogP contribution in [0.5, 0.6) is 0 Å². The van der Waals surface area contributed by atoms with Crippen molar-refractivity contribution in [3.63, 3.8) is 0 Å². The van der Waals surface area contributed by atoms with Crippen molar-refractivity contribution in [1.82, 2.24) is 20.0 Å². The summed E-state index contributed by atoms with van der Waals surface area (Å²) in [6.45, 7) is 8.20. The van der Waals surface area contributed by atoms with E-state index in [0.29, 0.717) is 19.8 Å². The maximum atomic E-state index is 12.0. The summed E-state index contributed by atoms with van der Waals surface area (Å²) < 4.78 is 7.37. The normalized spacial score (nSPS) is 22.3. The fourth-order valence-electron chi connectivity index (χ4n) is 3.24. The number of ether oxygens (including phenoxy) is 1. The molecule has 1 saturated heterocycles. The van der Waals surface area contributed by atoms with Crippen molar-refractivity contribution in [2.75, 3.05) is 26.3 Å². The number of aromatic nitrogens is 2. The van der Waals surface area contributed by atoms with Crippen molar-refractivity contribution in [2.24, 2.45) is 5.92 Å². The first-order valence-electron chi connectivity index (χ1n) is 8.39. The average molecular weight is 306 g/mol. The van der Waals surface area contributed by atoms with Crippen molar-refractivity contribution >= 4 is 5.91 Å². The molecule has 6 nitrogen and oxygen atoms in total. The van der Waals surface area contributed by atoms with Crippen LogP contribution < -0.4 is 5.32 Å². The van der Waals surface area contributed by atoms with Gasteiger partial charge in [0, 0.05) is 26.2 Å². The van der Waals surface area contributed by atoms with Crippen LogP contribution >= 0.6 is 0 Å². The number of fused-ring (bicyclic) bond motifs is 1. The number of carbonyl (C=O) groups excluding carboxylic acids is 1. The second-order valence-electron chi connectivity index (χ2n) is 6.26. The van der Waals surface area contributed by atoms with Crippen LogP contribution in [0.15, 0.2) is 6.07 Å². The number of hydrogen-bond acceptors (Lipinski definition) is 4. The van der Waals surface area contributed by atoms with Gasteiger partial charge < -0.3 is 10.1 Å². The lowest BCUT2D eigenvalue weighted by atomic mass is 10.1. The van der Waals surface area contributed by atoms with E-state index < -0.39 is 0 Å². The molecule has 1 fully saturated rings. The van der Waals surface area contributed by atoms with Gasteiger partial charge in [0.2, 0.25) is 5.91 Å². The Morgan fingerprint density at radius 1 is 1.50 bits per heavy atom. The van der Waals surface area contributed by atoms with Crippen molar-refractivity contribution in [3.05, 3.63) is 17.5 Å². The van der Waals surface area contributed by atoms with Gasteiger partial charge >= 0.3 is 0 Å². The monoisotopic (exact) mass is 306 g/mol. The molecule has 1 aromatic rings. The first-order chi connectivity index (χ1) is 10.8. The van der Waals surface area contributed by atoms with Crippen molar-refractivity contribution in [1.29, 1.82) is 0 Å². The van der Waals surface area contributed by atoms with E-state index in [-0.39, 0.29) is 11.8 Å². The van der Waals surface area contributed by atoms with Gasteiger partial charge in [0.15, 0.2) is 0 Å². The van der Waals surface area contributed by atoms with Crippen LogP contribution in [-0.4, -0.2) is 46.9 Å². The molecule has 0 bridgehead atoms. The average Bonchev–Trinajstić information content (AvgIpc) is 3.12. The summed E-state index contributed by atoms with van der Waals surface area (Å²) in [6, 6.07) is 2.14. The summed E-state index contributed by atoms with van der Waals surface area (Å²) in [5.41, 5.74) is 2.22. The van der Waals surface area contributed by atoms with Gasteiger partial charge in [0.1, 0.15) is 0 Å². The highest BCUT2D eigenvalue weighted by atomic mass is 16.5. The van der Waals surface area contributed by atoms with E-state index >= 15 is 0 Å². The van der Waals surface area contributed by atoms with Crippen molar-refractivity contribution in [3.8, 4) is 0 Å². The third-order valence-corrected chi connectivity index (χ3v) is 4.43. The predicted octanol–water partition coefficient (Wildman–Crippen LogP) is 1.15. The zero-order chi connectivity index (χ0) is 15.4. The zero-order valence-corrected chi connectivity index (χ0v) is 13.4. The van der Waals surface area contributed by atoms with Crippen molar-refractivity contribution < 1.29 is 9.53 Å².